The molecule has 1 heterocycles. The average molecular weight is 447 g/mol. The number of hydrogen-bond donors (Lipinski definition) is 2. The number of benzene rings is 3. The smallest absolute Gasteiger partial charge is 0.255 e. The van der Waals surface area contributed by atoms with Gasteiger partial charge < -0.3 is 30.2 Å². The van der Waals surface area contributed by atoms with Crippen molar-refractivity contribution in [2.24, 2.45) is 5.73 Å². The van der Waals surface area contributed by atoms with Crippen molar-refractivity contribution in [1.29, 1.82) is 0 Å². The van der Waals surface area contributed by atoms with E-state index in [1.54, 1.807) is 0 Å². The molecule has 3 aromatic rings. The number of ether oxygens (including phenoxy) is 3. The molecule has 0 fully saturated rings. The van der Waals surface area contributed by atoms with Gasteiger partial charge >= 0.3 is 0 Å². The van der Waals surface area contributed by atoms with Crippen LogP contribution in [0.5, 0.6) is 17.2 Å². The molecule has 4 rings (SSSR count). The number of nitrogens with one attached hydrogen (secondary N) is 1. The van der Waals surface area contributed by atoms with Crippen LogP contribution in [-0.2, 0) is 11.2 Å². The predicted molar refractivity (Wildman–Crippen MR) is 126 cm³/mol. The minimum absolute atomic E-state index is 0.200. The molecule has 8 heteroatoms. The molecule has 1 aliphatic rings. The summed E-state index contributed by atoms with van der Waals surface area (Å²) in [6, 6.07) is 19.1. The molecule has 8 nitrogen and oxygen atoms in total. The van der Waals surface area contributed by atoms with Crippen molar-refractivity contribution in [2.75, 3.05) is 37.6 Å². The van der Waals surface area contributed by atoms with Crippen LogP contribution >= 0.6 is 0 Å². The molecule has 0 spiro atoms. The Morgan fingerprint density at radius 2 is 1.67 bits per heavy atom. The van der Waals surface area contributed by atoms with Crippen molar-refractivity contribution in [3.63, 3.8) is 0 Å². The van der Waals surface area contributed by atoms with Gasteiger partial charge in [0.05, 0.1) is 14.2 Å². The first-order valence-corrected chi connectivity index (χ1v) is 10.4. The Labute approximate surface area is 191 Å². The normalized spacial score (nSPS) is 12.1. The van der Waals surface area contributed by atoms with Gasteiger partial charge in [-0.05, 0) is 54.4 Å². The Balaban J connectivity index is 1.51. The summed E-state index contributed by atoms with van der Waals surface area (Å²) in [5, 5.41) is 2.88. The number of rotatable bonds is 8. The van der Waals surface area contributed by atoms with Crippen LogP contribution in [0.2, 0.25) is 0 Å². The fourth-order valence-electron chi connectivity index (χ4n) is 3.83. The fraction of sp³-hybridized carbons (Fsp3) is 0.200. The number of nitrogens with two attached hydrogens (primary N) is 1. The number of hydrogen-bond acceptors (Lipinski definition) is 6. The second-order valence-electron chi connectivity index (χ2n) is 7.50. The molecule has 170 valence electrons. The van der Waals surface area contributed by atoms with Crippen LogP contribution in [0.4, 0.5) is 17.1 Å². The summed E-state index contributed by atoms with van der Waals surface area (Å²) in [5.74, 6) is -0.271. The number of carbonyl (C=O) groups is 2. The summed E-state index contributed by atoms with van der Waals surface area (Å²) in [6.07, 6.45) is 1.01. The van der Waals surface area contributed by atoms with Gasteiger partial charge in [-0.25, -0.2) is 0 Å². The number of methoxy groups -OCH3 is 2. The lowest BCUT2D eigenvalue weighted by Crippen LogP contribution is -2.20. The highest BCUT2D eigenvalue weighted by Gasteiger charge is 2.21. The predicted octanol–water partition coefficient (Wildman–Crippen LogP) is 3.51. The maximum Gasteiger partial charge on any atom is 0.255 e. The SMILES string of the molecule is COc1cc(C(=O)Nc2ccc(N3CCc4ccccc43)cc2)cc(OC)c1OCC(N)=O. The molecule has 0 atom stereocenters. The monoisotopic (exact) mass is 447 g/mol. The number of amides is 2. The largest absolute Gasteiger partial charge is 0.493 e. The van der Waals surface area contributed by atoms with Gasteiger partial charge in [-0.15, -0.1) is 0 Å². The van der Waals surface area contributed by atoms with E-state index < -0.39 is 5.91 Å². The second-order valence-corrected chi connectivity index (χ2v) is 7.50. The van der Waals surface area contributed by atoms with Crippen LogP contribution in [-0.4, -0.2) is 39.2 Å². The zero-order valence-corrected chi connectivity index (χ0v) is 18.5. The Bertz CT molecular complexity index is 1150. The highest BCUT2D eigenvalue weighted by molar-refractivity contribution is 6.05. The van der Waals surface area contributed by atoms with E-state index in [1.807, 2.05) is 30.3 Å². The van der Waals surface area contributed by atoms with Crippen molar-refractivity contribution in [3.05, 3.63) is 71.8 Å². The molecule has 0 unspecified atom stereocenters. The number of primary amides is 1. The van der Waals surface area contributed by atoms with E-state index >= 15 is 0 Å². The molecule has 3 aromatic carbocycles. The first-order valence-electron chi connectivity index (χ1n) is 10.4. The van der Waals surface area contributed by atoms with E-state index in [-0.39, 0.29) is 29.8 Å². The number of fused-ring (bicyclic) bond motifs is 1. The number of nitrogens with zero attached hydrogens (tertiary/aromatic N) is 1. The zero-order chi connectivity index (χ0) is 23.4. The minimum Gasteiger partial charge on any atom is -0.493 e. The molecule has 0 saturated heterocycles. The molecule has 2 amide bonds. The highest BCUT2D eigenvalue weighted by Crippen LogP contribution is 2.39. The van der Waals surface area contributed by atoms with Gasteiger partial charge in [0.15, 0.2) is 18.1 Å². The summed E-state index contributed by atoms with van der Waals surface area (Å²) in [4.78, 5) is 26.2. The maximum atomic E-state index is 12.9. The molecular weight excluding hydrogens is 422 g/mol. The fourth-order valence-corrected chi connectivity index (χ4v) is 3.83. The van der Waals surface area contributed by atoms with Gasteiger partial charge in [0.2, 0.25) is 5.75 Å². The highest BCUT2D eigenvalue weighted by atomic mass is 16.5. The molecule has 0 bridgehead atoms. The van der Waals surface area contributed by atoms with Crippen molar-refractivity contribution in [2.45, 2.75) is 6.42 Å². The van der Waals surface area contributed by atoms with Crippen LogP contribution in [0.1, 0.15) is 15.9 Å². The summed E-state index contributed by atoms with van der Waals surface area (Å²) >= 11 is 0. The quantitative estimate of drug-likeness (QED) is 0.548. The van der Waals surface area contributed by atoms with E-state index in [2.05, 4.69) is 28.4 Å². The van der Waals surface area contributed by atoms with Crippen molar-refractivity contribution in [1.82, 2.24) is 0 Å². The molecule has 0 aliphatic carbocycles. The third-order valence-corrected chi connectivity index (χ3v) is 5.41. The first kappa shape index (κ1) is 22.0. The van der Waals surface area contributed by atoms with Gasteiger partial charge in [-0.1, -0.05) is 18.2 Å². The van der Waals surface area contributed by atoms with Crippen LogP contribution in [0, 0.1) is 0 Å². The van der Waals surface area contributed by atoms with Crippen LogP contribution < -0.4 is 30.2 Å². The third-order valence-electron chi connectivity index (χ3n) is 5.41. The van der Waals surface area contributed by atoms with E-state index in [0.29, 0.717) is 11.3 Å². The molecule has 0 saturated carbocycles. The van der Waals surface area contributed by atoms with Crippen LogP contribution in [0.15, 0.2) is 60.7 Å². The summed E-state index contributed by atoms with van der Waals surface area (Å²) in [7, 11) is 2.87. The number of para-hydroxylation sites is 1. The van der Waals surface area contributed by atoms with E-state index in [1.165, 1.54) is 37.6 Å². The molecule has 3 N–H and O–H groups in total. The van der Waals surface area contributed by atoms with Crippen LogP contribution in [0.3, 0.4) is 0 Å². The zero-order valence-electron chi connectivity index (χ0n) is 18.5. The molecule has 0 radical (unpaired) electrons. The molecular formula is C25H25N3O5. The second kappa shape index (κ2) is 9.52. The Morgan fingerprint density at radius 3 is 2.30 bits per heavy atom. The lowest BCUT2D eigenvalue weighted by Gasteiger charge is -2.20. The van der Waals surface area contributed by atoms with Crippen molar-refractivity contribution < 1.29 is 23.8 Å². The van der Waals surface area contributed by atoms with Crippen LogP contribution in [0.25, 0.3) is 0 Å². The lowest BCUT2D eigenvalue weighted by molar-refractivity contribution is -0.120. The maximum absolute atomic E-state index is 12.9. The minimum atomic E-state index is -0.637. The van der Waals surface area contributed by atoms with E-state index in [9.17, 15) is 9.59 Å². The van der Waals surface area contributed by atoms with Gasteiger partial charge in [0.25, 0.3) is 11.8 Å². The average Bonchev–Trinajstić information content (AvgIpc) is 3.26. The van der Waals surface area contributed by atoms with E-state index in [4.69, 9.17) is 19.9 Å². The third kappa shape index (κ3) is 4.69. The summed E-state index contributed by atoms with van der Waals surface area (Å²) in [5.41, 5.74) is 9.73. The number of anilines is 3. The Hall–Kier alpha value is -4.20. The Morgan fingerprint density at radius 1 is 1.00 bits per heavy atom. The van der Waals surface area contributed by atoms with Gasteiger partial charge in [0.1, 0.15) is 0 Å². The van der Waals surface area contributed by atoms with Crippen molar-refractivity contribution >= 4 is 28.9 Å². The lowest BCUT2D eigenvalue weighted by atomic mass is 10.1. The topological polar surface area (TPSA) is 103 Å². The summed E-state index contributed by atoms with van der Waals surface area (Å²) < 4.78 is 16.0. The van der Waals surface area contributed by atoms with Gasteiger partial charge in [0, 0.05) is 29.2 Å². The molecule has 33 heavy (non-hydrogen) atoms. The van der Waals surface area contributed by atoms with Crippen molar-refractivity contribution in [3.8, 4) is 17.2 Å². The van der Waals surface area contributed by atoms with Gasteiger partial charge in [-0.2, -0.15) is 0 Å². The Kier molecular flexibility index (Phi) is 6.35. The first-order chi connectivity index (χ1) is 16.0. The molecule has 1 aliphatic heterocycles. The number of carbonyl (C=O) groups excluding carboxylic acids is 2. The standard InChI is InChI=1S/C25H25N3O5/c1-31-21-13-17(14-22(32-2)24(21)33-15-23(26)29)25(30)27-18-7-9-19(10-8-18)28-12-11-16-5-3-4-6-20(16)28/h3-10,13-14H,11-12,15H2,1-2H3,(H2,26,29)(H,27,30). The van der Waals surface area contributed by atoms with E-state index in [0.717, 1.165) is 18.7 Å². The summed E-state index contributed by atoms with van der Waals surface area (Å²) in [6.45, 7) is 0.584. The van der Waals surface area contributed by atoms with Gasteiger partial charge in [-0.3, -0.25) is 9.59 Å². The molecule has 0 aromatic heterocycles.